The molecule has 0 aromatic heterocycles. The minimum Gasteiger partial charge on any atom is -0.396 e. The highest BCUT2D eigenvalue weighted by Crippen LogP contribution is 2.37. The molecule has 1 aliphatic carbocycles. The zero-order valence-electron chi connectivity index (χ0n) is 14.3. The molecule has 7 heteroatoms. The molecule has 0 aliphatic heterocycles. The van der Waals surface area contributed by atoms with Crippen LogP contribution in [0.25, 0.3) is 0 Å². The third-order valence-corrected chi connectivity index (χ3v) is 6.83. The van der Waals surface area contributed by atoms with Gasteiger partial charge in [0.1, 0.15) is 4.75 Å². The first-order chi connectivity index (χ1) is 11.7. The summed E-state index contributed by atoms with van der Waals surface area (Å²) in [6.45, 7) is 1.49. The van der Waals surface area contributed by atoms with Crippen LogP contribution in [0.5, 0.6) is 0 Å². The number of hydrogen-bond acceptors (Lipinski definition) is 5. The molecule has 0 bridgehead atoms. The fourth-order valence-corrected chi connectivity index (χ4v) is 3.38. The highest BCUT2D eigenvalue weighted by atomic mass is 32.2. The Bertz CT molecular complexity index is 791. The van der Waals surface area contributed by atoms with Gasteiger partial charge in [-0.2, -0.15) is 0 Å². The number of aliphatic hydroxyl groups is 1. The molecule has 0 saturated heterocycles. The second-order valence-corrected chi connectivity index (χ2v) is 9.14. The molecule has 1 aliphatic rings. The molecule has 3 atom stereocenters. The Labute approximate surface area is 148 Å². The first-order valence-electron chi connectivity index (χ1n) is 8.06. The van der Waals surface area contributed by atoms with Crippen LogP contribution in [0.1, 0.15) is 30.9 Å². The van der Waals surface area contributed by atoms with Crippen LogP contribution in [0.4, 0.5) is 0 Å². The van der Waals surface area contributed by atoms with Gasteiger partial charge in [-0.1, -0.05) is 24.0 Å². The molecule has 0 heterocycles. The first kappa shape index (κ1) is 19.4. The monoisotopic (exact) mass is 365 g/mol. The van der Waals surface area contributed by atoms with Crippen LogP contribution in [0.3, 0.4) is 0 Å². The van der Waals surface area contributed by atoms with Crippen LogP contribution in [0.2, 0.25) is 0 Å². The second-order valence-electron chi connectivity index (χ2n) is 6.70. The summed E-state index contributed by atoms with van der Waals surface area (Å²) in [4.78, 5) is 11.8. The molecule has 1 aromatic carbocycles. The standard InChI is InChI=1S/C18H23NO5S/c1-18(17(21)19-22,25(2,23)24)10-9-14-5-3-13(4-6-14)7-8-15-11-16(15)12-20/h3-6,15-16,20,22H,9-12H2,1-2H3,(H,19,21)/t15-,16+,18?/m1/s1. The van der Waals surface area contributed by atoms with Crippen LogP contribution < -0.4 is 5.48 Å². The summed E-state index contributed by atoms with van der Waals surface area (Å²) >= 11 is 0. The van der Waals surface area contributed by atoms with Crippen LogP contribution in [0, 0.1) is 23.7 Å². The lowest BCUT2D eigenvalue weighted by Crippen LogP contribution is -2.49. The van der Waals surface area contributed by atoms with Gasteiger partial charge in [0.2, 0.25) is 0 Å². The SMILES string of the molecule is CC(CCc1ccc(C#C[C@@H]2C[C@H]2CO)cc1)(C(=O)NO)S(C)(=O)=O. The maximum absolute atomic E-state index is 11.9. The van der Waals surface area contributed by atoms with Gasteiger partial charge in [-0.05, 0) is 49.8 Å². The van der Waals surface area contributed by atoms with Gasteiger partial charge in [0.15, 0.2) is 9.84 Å². The molecule has 1 amide bonds. The normalized spacial score (nSPS) is 21.6. The van der Waals surface area contributed by atoms with E-state index in [4.69, 9.17) is 10.3 Å². The lowest BCUT2D eigenvalue weighted by atomic mass is 9.99. The van der Waals surface area contributed by atoms with Crippen molar-refractivity contribution in [2.75, 3.05) is 12.9 Å². The lowest BCUT2D eigenvalue weighted by Gasteiger charge is -2.25. The fraction of sp³-hybridized carbons (Fsp3) is 0.500. The van der Waals surface area contributed by atoms with Crippen LogP contribution in [-0.4, -0.2) is 42.2 Å². The van der Waals surface area contributed by atoms with E-state index in [1.165, 1.54) is 12.4 Å². The van der Waals surface area contributed by atoms with Crippen molar-refractivity contribution in [3.63, 3.8) is 0 Å². The molecule has 1 aromatic rings. The molecule has 6 nitrogen and oxygen atoms in total. The van der Waals surface area contributed by atoms with Gasteiger partial charge in [0.05, 0.1) is 0 Å². The maximum Gasteiger partial charge on any atom is 0.264 e. The summed E-state index contributed by atoms with van der Waals surface area (Å²) in [6, 6.07) is 7.39. The predicted octanol–water partition coefficient (Wildman–Crippen LogP) is 0.908. The summed E-state index contributed by atoms with van der Waals surface area (Å²) in [5.41, 5.74) is 3.18. The first-order valence-corrected chi connectivity index (χ1v) is 9.96. The largest absolute Gasteiger partial charge is 0.396 e. The van der Waals surface area contributed by atoms with Gasteiger partial charge in [-0.15, -0.1) is 0 Å². The Morgan fingerprint density at radius 1 is 1.36 bits per heavy atom. The molecular weight excluding hydrogens is 342 g/mol. The third kappa shape index (κ3) is 4.60. The minimum atomic E-state index is -3.69. The number of carbonyl (C=O) groups is 1. The van der Waals surface area contributed by atoms with E-state index in [0.717, 1.165) is 23.8 Å². The summed E-state index contributed by atoms with van der Waals surface area (Å²) < 4.78 is 22.2. The zero-order valence-corrected chi connectivity index (χ0v) is 15.1. The maximum atomic E-state index is 11.9. The van der Waals surface area contributed by atoms with E-state index in [9.17, 15) is 13.2 Å². The van der Waals surface area contributed by atoms with Crippen molar-refractivity contribution in [2.45, 2.75) is 30.9 Å². The number of nitrogens with one attached hydrogen (secondary N) is 1. The lowest BCUT2D eigenvalue weighted by molar-refractivity contribution is -0.131. The molecule has 0 radical (unpaired) electrons. The van der Waals surface area contributed by atoms with Crippen molar-refractivity contribution >= 4 is 15.7 Å². The van der Waals surface area contributed by atoms with Crippen molar-refractivity contribution in [1.29, 1.82) is 0 Å². The average Bonchev–Trinajstić information content (AvgIpc) is 3.35. The van der Waals surface area contributed by atoms with Gasteiger partial charge in [-0.25, -0.2) is 13.9 Å². The van der Waals surface area contributed by atoms with Gasteiger partial charge >= 0.3 is 0 Å². The number of benzene rings is 1. The number of carbonyl (C=O) groups excluding carboxylic acids is 1. The van der Waals surface area contributed by atoms with Gasteiger partial charge < -0.3 is 5.11 Å². The molecule has 25 heavy (non-hydrogen) atoms. The van der Waals surface area contributed by atoms with Gasteiger partial charge in [0, 0.05) is 24.3 Å². The molecule has 136 valence electrons. The van der Waals surface area contributed by atoms with Crippen molar-refractivity contribution < 1.29 is 23.5 Å². The number of hydrogen-bond donors (Lipinski definition) is 3. The van der Waals surface area contributed by atoms with Crippen LogP contribution in [-0.2, 0) is 21.1 Å². The molecule has 1 saturated carbocycles. The van der Waals surface area contributed by atoms with E-state index in [2.05, 4.69) is 11.8 Å². The summed E-state index contributed by atoms with van der Waals surface area (Å²) in [6.07, 6.45) is 2.36. The molecule has 0 spiro atoms. The average molecular weight is 365 g/mol. The van der Waals surface area contributed by atoms with Gasteiger partial charge in [-0.3, -0.25) is 10.0 Å². The second kappa shape index (κ2) is 7.56. The number of hydroxylamine groups is 1. The van der Waals surface area contributed by atoms with E-state index in [1.807, 2.05) is 24.3 Å². The van der Waals surface area contributed by atoms with Crippen molar-refractivity contribution in [2.24, 2.45) is 11.8 Å². The summed E-state index contributed by atoms with van der Waals surface area (Å²) in [5.74, 6) is 5.84. The predicted molar refractivity (Wildman–Crippen MR) is 93.5 cm³/mol. The van der Waals surface area contributed by atoms with E-state index in [0.29, 0.717) is 12.3 Å². The highest BCUT2D eigenvalue weighted by molar-refractivity contribution is 7.92. The Hall–Kier alpha value is -1.88. The number of aliphatic hydroxyl groups excluding tert-OH is 1. The molecule has 1 fully saturated rings. The third-order valence-electron chi connectivity index (χ3n) is 4.80. The van der Waals surface area contributed by atoms with Crippen molar-refractivity contribution in [1.82, 2.24) is 5.48 Å². The Balaban J connectivity index is 2.02. The Kier molecular flexibility index (Phi) is 5.88. The number of aryl methyl sites for hydroxylation is 1. The van der Waals surface area contributed by atoms with E-state index >= 15 is 0 Å². The summed E-state index contributed by atoms with van der Waals surface area (Å²) in [5, 5.41) is 17.8. The quantitative estimate of drug-likeness (QED) is 0.395. The topological polar surface area (TPSA) is 104 Å². The van der Waals surface area contributed by atoms with Crippen LogP contribution in [0.15, 0.2) is 24.3 Å². The highest BCUT2D eigenvalue weighted by Gasteiger charge is 2.43. The van der Waals surface area contributed by atoms with Gasteiger partial charge in [0.25, 0.3) is 5.91 Å². The number of sulfone groups is 1. The molecule has 2 rings (SSSR count). The zero-order chi connectivity index (χ0) is 18.7. The van der Waals surface area contributed by atoms with E-state index < -0.39 is 20.5 Å². The Morgan fingerprint density at radius 3 is 2.48 bits per heavy atom. The van der Waals surface area contributed by atoms with Crippen molar-refractivity contribution in [3.8, 4) is 11.8 Å². The van der Waals surface area contributed by atoms with E-state index in [1.54, 1.807) is 0 Å². The fourth-order valence-electron chi connectivity index (χ4n) is 2.53. The van der Waals surface area contributed by atoms with E-state index in [-0.39, 0.29) is 18.9 Å². The van der Waals surface area contributed by atoms with Crippen LogP contribution >= 0.6 is 0 Å². The number of amides is 1. The molecule has 3 N–H and O–H groups in total. The minimum absolute atomic E-state index is 0.0590. The smallest absolute Gasteiger partial charge is 0.264 e. The summed E-state index contributed by atoms with van der Waals surface area (Å²) in [7, 11) is -3.69. The van der Waals surface area contributed by atoms with Crippen molar-refractivity contribution in [3.05, 3.63) is 35.4 Å². The molecular formula is C18H23NO5S. The number of rotatable bonds is 6. The molecule has 1 unspecified atom stereocenters. The Morgan fingerprint density at radius 2 is 2.00 bits per heavy atom.